The van der Waals surface area contributed by atoms with Gasteiger partial charge in [0.25, 0.3) is 0 Å². The highest BCUT2D eigenvalue weighted by Gasteiger charge is 2.21. The lowest BCUT2D eigenvalue weighted by atomic mass is 9.93. The Balaban J connectivity index is 1.54. The lowest BCUT2D eigenvalue weighted by Gasteiger charge is -2.18. The zero-order valence-corrected chi connectivity index (χ0v) is 19.7. The predicted molar refractivity (Wildman–Crippen MR) is 138 cm³/mol. The molecule has 178 valence electrons. The first-order chi connectivity index (χ1) is 16.9. The Morgan fingerprint density at radius 2 is 1.43 bits per heavy atom. The van der Waals surface area contributed by atoms with E-state index in [1.54, 1.807) is 18.2 Å². The van der Waals surface area contributed by atoms with E-state index >= 15 is 0 Å². The van der Waals surface area contributed by atoms with E-state index < -0.39 is 22.6 Å². The summed E-state index contributed by atoms with van der Waals surface area (Å²) >= 11 is 0. The molecule has 4 aromatic carbocycles. The molecule has 0 aromatic heterocycles. The molecule has 0 bridgehead atoms. The van der Waals surface area contributed by atoms with Crippen molar-refractivity contribution in [2.45, 2.75) is 5.92 Å². The fourth-order valence-electron chi connectivity index (χ4n) is 3.97. The van der Waals surface area contributed by atoms with Crippen LogP contribution in [0.1, 0.15) is 22.6 Å². The molecule has 7 heteroatoms. The number of nitrogens with one attached hydrogen (secondary N) is 1. The fourth-order valence-corrected chi connectivity index (χ4v) is 5.16. The van der Waals surface area contributed by atoms with Crippen LogP contribution in [0.4, 0.5) is 0 Å². The maximum Gasteiger partial charge on any atom is 0.341 e. The van der Waals surface area contributed by atoms with E-state index in [4.69, 9.17) is 9.84 Å². The SMILES string of the molecule is O=C(O)COc1cccc2c(C=CNS(=O)(=O)CC(c3ccccc3)c3ccccc3)cccc12. The normalized spacial score (nSPS) is 11.7. The maximum absolute atomic E-state index is 13.0. The van der Waals surface area contributed by atoms with Crippen LogP contribution < -0.4 is 9.46 Å². The van der Waals surface area contributed by atoms with E-state index in [9.17, 15) is 13.2 Å². The van der Waals surface area contributed by atoms with Crippen molar-refractivity contribution in [1.29, 1.82) is 0 Å². The van der Waals surface area contributed by atoms with E-state index in [1.807, 2.05) is 84.9 Å². The first kappa shape index (κ1) is 24.0. The first-order valence-electron chi connectivity index (χ1n) is 11.1. The molecule has 2 N–H and O–H groups in total. The van der Waals surface area contributed by atoms with Crippen LogP contribution in [-0.2, 0) is 14.8 Å². The quantitative estimate of drug-likeness (QED) is 0.327. The summed E-state index contributed by atoms with van der Waals surface area (Å²) in [5.41, 5.74) is 2.63. The van der Waals surface area contributed by atoms with Crippen LogP contribution in [0.2, 0.25) is 0 Å². The number of rotatable bonds is 10. The van der Waals surface area contributed by atoms with Crippen LogP contribution in [0.5, 0.6) is 5.75 Å². The monoisotopic (exact) mass is 487 g/mol. The minimum atomic E-state index is -3.65. The zero-order chi connectivity index (χ0) is 24.7. The van der Waals surface area contributed by atoms with Crippen molar-refractivity contribution >= 4 is 32.8 Å². The summed E-state index contributed by atoms with van der Waals surface area (Å²) in [6.45, 7) is -0.441. The second-order valence-corrected chi connectivity index (χ2v) is 9.79. The van der Waals surface area contributed by atoms with Gasteiger partial charge in [0, 0.05) is 17.5 Å². The highest BCUT2D eigenvalue weighted by Crippen LogP contribution is 2.29. The van der Waals surface area contributed by atoms with Crippen molar-refractivity contribution in [3.8, 4) is 5.75 Å². The van der Waals surface area contributed by atoms with Crippen LogP contribution in [-0.4, -0.2) is 31.9 Å². The van der Waals surface area contributed by atoms with E-state index in [0.29, 0.717) is 5.75 Å². The molecule has 0 atom stereocenters. The molecule has 0 spiro atoms. The summed E-state index contributed by atoms with van der Waals surface area (Å²) in [4.78, 5) is 10.9. The Bertz CT molecular complexity index is 1390. The second kappa shape index (κ2) is 10.9. The smallest absolute Gasteiger partial charge is 0.341 e. The van der Waals surface area contributed by atoms with Gasteiger partial charge in [0.15, 0.2) is 6.61 Å². The van der Waals surface area contributed by atoms with Gasteiger partial charge in [-0.3, -0.25) is 4.72 Å². The number of ether oxygens (including phenoxy) is 1. The molecule has 0 fully saturated rings. The van der Waals surface area contributed by atoms with Gasteiger partial charge in [-0.05, 0) is 34.2 Å². The molecular formula is C28H25NO5S. The molecule has 4 aromatic rings. The average molecular weight is 488 g/mol. The zero-order valence-electron chi connectivity index (χ0n) is 18.9. The highest BCUT2D eigenvalue weighted by atomic mass is 32.2. The van der Waals surface area contributed by atoms with E-state index in [1.165, 1.54) is 6.20 Å². The van der Waals surface area contributed by atoms with Crippen LogP contribution in [0.3, 0.4) is 0 Å². The van der Waals surface area contributed by atoms with Crippen LogP contribution >= 0.6 is 0 Å². The Morgan fingerprint density at radius 3 is 2.06 bits per heavy atom. The van der Waals surface area contributed by atoms with Gasteiger partial charge in [-0.15, -0.1) is 0 Å². The van der Waals surface area contributed by atoms with E-state index in [0.717, 1.165) is 27.5 Å². The minimum absolute atomic E-state index is 0.103. The van der Waals surface area contributed by atoms with Gasteiger partial charge in [-0.1, -0.05) is 91.0 Å². The fraction of sp³-hybridized carbons (Fsp3) is 0.107. The number of hydrogen-bond donors (Lipinski definition) is 2. The number of carboxylic acid groups (broad SMARTS) is 1. The maximum atomic E-state index is 13.0. The van der Waals surface area contributed by atoms with E-state index in [2.05, 4.69) is 4.72 Å². The molecule has 0 aliphatic rings. The molecule has 0 saturated heterocycles. The second-order valence-electron chi connectivity index (χ2n) is 7.99. The summed E-state index contributed by atoms with van der Waals surface area (Å²) in [7, 11) is -3.65. The summed E-state index contributed by atoms with van der Waals surface area (Å²) in [5, 5.41) is 10.5. The molecule has 0 saturated carbocycles. The van der Waals surface area contributed by atoms with Crippen molar-refractivity contribution in [1.82, 2.24) is 4.72 Å². The summed E-state index contributed by atoms with van der Waals surface area (Å²) in [6.07, 6.45) is 3.10. The van der Waals surface area contributed by atoms with Crippen molar-refractivity contribution in [3.05, 3.63) is 120 Å². The molecule has 35 heavy (non-hydrogen) atoms. The van der Waals surface area contributed by atoms with Crippen molar-refractivity contribution in [2.75, 3.05) is 12.4 Å². The van der Waals surface area contributed by atoms with Gasteiger partial charge in [0.05, 0.1) is 5.75 Å². The Labute approximate surface area is 204 Å². The van der Waals surface area contributed by atoms with Gasteiger partial charge < -0.3 is 9.84 Å². The van der Waals surface area contributed by atoms with Crippen LogP contribution in [0.25, 0.3) is 16.8 Å². The average Bonchev–Trinajstić information content (AvgIpc) is 2.87. The third-order valence-corrected chi connectivity index (χ3v) is 6.83. The van der Waals surface area contributed by atoms with Gasteiger partial charge in [-0.2, -0.15) is 0 Å². The summed E-state index contributed by atoms with van der Waals surface area (Å²) < 4.78 is 34.0. The van der Waals surface area contributed by atoms with Crippen molar-refractivity contribution in [2.24, 2.45) is 0 Å². The molecule has 0 amide bonds. The molecule has 4 rings (SSSR count). The molecule has 0 aliphatic carbocycles. The largest absolute Gasteiger partial charge is 0.481 e. The lowest BCUT2D eigenvalue weighted by Crippen LogP contribution is -2.25. The number of hydrogen-bond acceptors (Lipinski definition) is 4. The number of benzene rings is 4. The Hall–Kier alpha value is -4.10. The lowest BCUT2D eigenvalue weighted by molar-refractivity contribution is -0.139. The standard InChI is InChI=1S/C28H25NO5S/c30-28(31)19-34-27-16-8-14-24-23(13-7-15-25(24)27)17-18-29-35(32,33)20-26(21-9-3-1-4-10-21)22-11-5-2-6-12-22/h1-18,26,29H,19-20H2,(H,30,31). The van der Waals surface area contributed by atoms with Crippen LogP contribution in [0.15, 0.2) is 103 Å². The third-order valence-electron chi connectivity index (χ3n) is 5.57. The molecule has 0 unspecified atom stereocenters. The predicted octanol–water partition coefficient (Wildman–Crippen LogP) is 5.03. The minimum Gasteiger partial charge on any atom is -0.481 e. The Morgan fingerprint density at radius 1 is 0.829 bits per heavy atom. The number of carbonyl (C=O) groups is 1. The number of fused-ring (bicyclic) bond motifs is 1. The number of sulfonamides is 1. The number of carboxylic acids is 1. The Kier molecular flexibility index (Phi) is 7.48. The van der Waals surface area contributed by atoms with Crippen molar-refractivity contribution in [3.63, 3.8) is 0 Å². The van der Waals surface area contributed by atoms with Gasteiger partial charge in [0.2, 0.25) is 10.0 Å². The van der Waals surface area contributed by atoms with Gasteiger partial charge >= 0.3 is 5.97 Å². The number of aliphatic carboxylic acids is 1. The van der Waals surface area contributed by atoms with Crippen LogP contribution in [0, 0.1) is 0 Å². The van der Waals surface area contributed by atoms with E-state index in [-0.39, 0.29) is 11.7 Å². The van der Waals surface area contributed by atoms with Gasteiger partial charge in [-0.25, -0.2) is 13.2 Å². The molecular weight excluding hydrogens is 462 g/mol. The topological polar surface area (TPSA) is 92.7 Å². The van der Waals surface area contributed by atoms with Gasteiger partial charge in [0.1, 0.15) is 5.75 Å². The first-order valence-corrected chi connectivity index (χ1v) is 12.7. The molecule has 0 radical (unpaired) electrons. The molecule has 0 heterocycles. The van der Waals surface area contributed by atoms with Crippen molar-refractivity contribution < 1.29 is 23.1 Å². The third kappa shape index (κ3) is 6.28. The summed E-state index contributed by atoms with van der Waals surface area (Å²) in [5.74, 6) is -1.02. The molecule has 0 aliphatic heterocycles. The summed E-state index contributed by atoms with van der Waals surface area (Å²) in [6, 6.07) is 30.0. The molecule has 6 nitrogen and oxygen atoms in total. The highest BCUT2D eigenvalue weighted by molar-refractivity contribution is 7.89.